The van der Waals surface area contributed by atoms with Gasteiger partial charge in [-0.2, -0.15) is 0 Å². The Balaban J connectivity index is 2.18. The summed E-state index contributed by atoms with van der Waals surface area (Å²) in [5.41, 5.74) is 7.00. The van der Waals surface area contributed by atoms with Crippen LogP contribution < -0.4 is 11.1 Å². The lowest BCUT2D eigenvalue weighted by Crippen LogP contribution is -2.49. The van der Waals surface area contributed by atoms with E-state index < -0.39 is 0 Å². The maximum atomic E-state index is 11.7. The fourth-order valence-corrected chi connectivity index (χ4v) is 2.69. The van der Waals surface area contributed by atoms with Crippen LogP contribution in [0.25, 0.3) is 0 Å². The number of nitrogens with zero attached hydrogens (tertiary/aromatic N) is 2. The van der Waals surface area contributed by atoms with Crippen LogP contribution in [0.2, 0.25) is 0 Å². The molecule has 0 spiro atoms. The predicted octanol–water partition coefficient (Wildman–Crippen LogP) is -0.180. The molecule has 1 aliphatic rings. The van der Waals surface area contributed by atoms with Crippen molar-refractivity contribution < 1.29 is 9.59 Å². The van der Waals surface area contributed by atoms with Gasteiger partial charge >= 0.3 is 0 Å². The number of rotatable bonds is 4. The molecule has 1 aliphatic heterocycles. The molecule has 0 saturated carbocycles. The van der Waals surface area contributed by atoms with Crippen LogP contribution in [0, 0.1) is 0 Å². The number of primary amides is 1. The van der Waals surface area contributed by atoms with Crippen LogP contribution >= 0.6 is 0 Å². The monoisotopic (exact) mass is 290 g/mol. The van der Waals surface area contributed by atoms with Crippen molar-refractivity contribution in [3.8, 4) is 0 Å². The normalized spacial score (nSPS) is 20.2. The Kier molecular flexibility index (Phi) is 4.93. The zero-order valence-corrected chi connectivity index (χ0v) is 12.5. The summed E-state index contributed by atoms with van der Waals surface area (Å²) in [5.74, 6) is -0.401. The minimum Gasteiger partial charge on any atom is -0.369 e. The maximum absolute atomic E-state index is 11.7. The van der Waals surface area contributed by atoms with Crippen LogP contribution in [-0.4, -0.2) is 61.9 Å². The summed E-state index contributed by atoms with van der Waals surface area (Å²) in [6.07, 6.45) is 0. The minimum absolute atomic E-state index is 0.0932. The number of benzene rings is 1. The van der Waals surface area contributed by atoms with Crippen LogP contribution in [0.1, 0.15) is 22.0 Å². The third-order valence-corrected chi connectivity index (χ3v) is 3.87. The van der Waals surface area contributed by atoms with E-state index in [9.17, 15) is 9.59 Å². The van der Waals surface area contributed by atoms with Crippen molar-refractivity contribution >= 4 is 11.8 Å². The van der Waals surface area contributed by atoms with Gasteiger partial charge in [0.2, 0.25) is 5.91 Å². The van der Waals surface area contributed by atoms with Gasteiger partial charge in [0, 0.05) is 38.3 Å². The topological polar surface area (TPSA) is 78.7 Å². The van der Waals surface area contributed by atoms with Gasteiger partial charge in [0.05, 0.1) is 6.54 Å². The van der Waals surface area contributed by atoms with Crippen molar-refractivity contribution in [2.75, 3.05) is 40.3 Å². The summed E-state index contributed by atoms with van der Waals surface area (Å²) < 4.78 is 0. The number of nitrogens with one attached hydrogen (secondary N) is 1. The molecule has 2 amide bonds. The Bertz CT molecular complexity index is 532. The first kappa shape index (κ1) is 15.5. The maximum Gasteiger partial charge on any atom is 0.251 e. The first-order chi connectivity index (χ1) is 10.0. The van der Waals surface area contributed by atoms with E-state index in [4.69, 9.17) is 5.73 Å². The van der Waals surface area contributed by atoms with Crippen molar-refractivity contribution in [1.29, 1.82) is 0 Å². The van der Waals surface area contributed by atoms with Gasteiger partial charge in [-0.25, -0.2) is 0 Å². The number of carbonyl (C=O) groups excluding carboxylic acids is 2. The number of nitrogens with two attached hydrogens (primary N) is 1. The molecule has 0 radical (unpaired) electrons. The van der Waals surface area contributed by atoms with Crippen LogP contribution in [0.15, 0.2) is 24.3 Å². The Labute approximate surface area is 124 Å². The number of carbonyl (C=O) groups is 2. The fraction of sp³-hybridized carbons (Fsp3) is 0.467. The average molecular weight is 290 g/mol. The summed E-state index contributed by atoms with van der Waals surface area (Å²) in [6.45, 7) is 2.70. The van der Waals surface area contributed by atoms with E-state index in [-0.39, 0.29) is 24.4 Å². The van der Waals surface area contributed by atoms with E-state index in [0.717, 1.165) is 25.2 Å². The van der Waals surface area contributed by atoms with E-state index in [0.29, 0.717) is 5.56 Å². The number of hydrogen-bond donors (Lipinski definition) is 2. The highest BCUT2D eigenvalue weighted by Gasteiger charge is 2.26. The zero-order valence-electron chi connectivity index (χ0n) is 12.5. The molecule has 21 heavy (non-hydrogen) atoms. The molecule has 1 aromatic carbocycles. The predicted molar refractivity (Wildman–Crippen MR) is 80.8 cm³/mol. The number of amides is 2. The van der Waals surface area contributed by atoms with Crippen LogP contribution in [-0.2, 0) is 4.79 Å². The molecule has 1 heterocycles. The zero-order chi connectivity index (χ0) is 15.4. The largest absolute Gasteiger partial charge is 0.369 e. The molecule has 0 aromatic heterocycles. The Morgan fingerprint density at radius 3 is 2.81 bits per heavy atom. The summed E-state index contributed by atoms with van der Waals surface area (Å²) in [7, 11) is 3.68. The van der Waals surface area contributed by atoms with Crippen molar-refractivity contribution in [2.45, 2.75) is 6.04 Å². The van der Waals surface area contributed by atoms with Gasteiger partial charge in [0.25, 0.3) is 5.91 Å². The highest BCUT2D eigenvalue weighted by atomic mass is 16.2. The summed E-state index contributed by atoms with van der Waals surface area (Å²) in [6, 6.07) is 7.77. The van der Waals surface area contributed by atoms with E-state index in [1.807, 2.05) is 18.2 Å². The molecular formula is C15H22N4O2. The van der Waals surface area contributed by atoms with Crippen molar-refractivity contribution in [2.24, 2.45) is 5.73 Å². The fourth-order valence-electron chi connectivity index (χ4n) is 2.69. The molecule has 2 rings (SSSR count). The molecule has 1 fully saturated rings. The first-order valence-corrected chi connectivity index (χ1v) is 7.04. The summed E-state index contributed by atoms with van der Waals surface area (Å²) in [4.78, 5) is 27.1. The molecule has 1 aromatic rings. The van der Waals surface area contributed by atoms with Gasteiger partial charge in [-0.05, 0) is 24.7 Å². The van der Waals surface area contributed by atoms with E-state index in [1.165, 1.54) is 0 Å². The van der Waals surface area contributed by atoms with Crippen LogP contribution in [0.3, 0.4) is 0 Å². The molecule has 114 valence electrons. The Morgan fingerprint density at radius 1 is 1.38 bits per heavy atom. The standard InChI is InChI=1S/C15H22N4O2/c1-17-15(21)12-5-3-4-11(8-12)13-9-19(10-14(16)20)7-6-18(13)2/h3-5,8,13H,6-7,9-10H2,1-2H3,(H2,16,20)(H,17,21)/t13-/m0/s1. The summed E-state index contributed by atoms with van der Waals surface area (Å²) >= 11 is 0. The van der Waals surface area contributed by atoms with Gasteiger partial charge in [0.15, 0.2) is 0 Å². The lowest BCUT2D eigenvalue weighted by molar-refractivity contribution is -0.119. The second-order valence-corrected chi connectivity index (χ2v) is 5.40. The first-order valence-electron chi connectivity index (χ1n) is 7.04. The van der Waals surface area contributed by atoms with Crippen molar-refractivity contribution in [1.82, 2.24) is 15.1 Å². The molecule has 0 aliphatic carbocycles. The van der Waals surface area contributed by atoms with Gasteiger partial charge in [-0.15, -0.1) is 0 Å². The second kappa shape index (κ2) is 6.69. The van der Waals surface area contributed by atoms with Crippen molar-refractivity contribution in [3.63, 3.8) is 0 Å². The Morgan fingerprint density at radius 2 is 2.14 bits per heavy atom. The molecule has 1 saturated heterocycles. The SMILES string of the molecule is CNC(=O)c1cccc([C@@H]2CN(CC(N)=O)CCN2C)c1. The number of hydrogen-bond acceptors (Lipinski definition) is 4. The van der Waals surface area contributed by atoms with E-state index >= 15 is 0 Å². The van der Waals surface area contributed by atoms with Gasteiger partial charge in [0.1, 0.15) is 0 Å². The average Bonchev–Trinajstić information content (AvgIpc) is 2.48. The molecular weight excluding hydrogens is 268 g/mol. The Hall–Kier alpha value is -1.92. The van der Waals surface area contributed by atoms with Crippen LogP contribution in [0.4, 0.5) is 0 Å². The lowest BCUT2D eigenvalue weighted by atomic mass is 10.00. The van der Waals surface area contributed by atoms with Gasteiger partial charge in [-0.3, -0.25) is 19.4 Å². The molecule has 6 nitrogen and oxygen atoms in total. The molecule has 1 atom stereocenters. The number of likely N-dealkylation sites (N-methyl/N-ethyl adjacent to an activating group) is 1. The van der Waals surface area contributed by atoms with Crippen LogP contribution in [0.5, 0.6) is 0 Å². The molecule has 0 unspecified atom stereocenters. The van der Waals surface area contributed by atoms with E-state index in [1.54, 1.807) is 13.1 Å². The number of piperazine rings is 1. The van der Waals surface area contributed by atoms with Gasteiger partial charge < -0.3 is 11.1 Å². The lowest BCUT2D eigenvalue weighted by Gasteiger charge is -2.39. The van der Waals surface area contributed by atoms with Crippen molar-refractivity contribution in [3.05, 3.63) is 35.4 Å². The third-order valence-electron chi connectivity index (χ3n) is 3.87. The van der Waals surface area contributed by atoms with E-state index in [2.05, 4.69) is 22.2 Å². The quantitative estimate of drug-likeness (QED) is 0.806. The highest BCUT2D eigenvalue weighted by molar-refractivity contribution is 5.94. The highest BCUT2D eigenvalue weighted by Crippen LogP contribution is 2.24. The smallest absolute Gasteiger partial charge is 0.251 e. The summed E-state index contributed by atoms with van der Waals surface area (Å²) in [5, 5.41) is 2.63. The molecule has 6 heteroatoms. The molecule has 0 bridgehead atoms. The minimum atomic E-state index is -0.308. The third kappa shape index (κ3) is 3.80. The molecule has 3 N–H and O–H groups in total. The van der Waals surface area contributed by atoms with Gasteiger partial charge in [-0.1, -0.05) is 12.1 Å². The second-order valence-electron chi connectivity index (χ2n) is 5.40.